The molecule has 0 aromatic heterocycles. The Balaban J connectivity index is 3.06. The van der Waals surface area contributed by atoms with Gasteiger partial charge in [-0.1, -0.05) is 18.5 Å². The molecule has 2 atom stereocenters. The van der Waals surface area contributed by atoms with Gasteiger partial charge >= 0.3 is 0 Å². The number of nitrogens with two attached hydrogens (primary N) is 1. The van der Waals surface area contributed by atoms with Crippen LogP contribution >= 0.6 is 11.6 Å². The highest BCUT2D eigenvalue weighted by Gasteiger charge is 2.18. The van der Waals surface area contributed by atoms with Crippen LogP contribution in [0.4, 0.5) is 0 Å². The van der Waals surface area contributed by atoms with Crippen molar-refractivity contribution in [2.75, 3.05) is 13.2 Å². The Morgan fingerprint density at radius 3 is 2.10 bits per heavy atom. The maximum atomic E-state index is 6.46. The molecule has 0 aliphatic rings. The highest BCUT2D eigenvalue weighted by atomic mass is 35.5. The summed E-state index contributed by atoms with van der Waals surface area (Å²) in [6, 6.07) is 4.12. The Morgan fingerprint density at radius 1 is 1.05 bits per heavy atom. The van der Waals surface area contributed by atoms with Gasteiger partial charge in [0, 0.05) is 17.1 Å². The van der Waals surface area contributed by atoms with E-state index in [2.05, 4.69) is 6.92 Å². The monoisotopic (exact) mass is 313 g/mol. The second kappa shape index (κ2) is 9.16. The van der Waals surface area contributed by atoms with Crippen LogP contribution in [0.2, 0.25) is 5.02 Å². The fourth-order valence-electron chi connectivity index (χ4n) is 2.44. The van der Waals surface area contributed by atoms with Crippen LogP contribution < -0.4 is 15.2 Å². The summed E-state index contributed by atoms with van der Waals surface area (Å²) in [6.45, 7) is 9.35. The van der Waals surface area contributed by atoms with E-state index in [9.17, 15) is 0 Å². The predicted octanol–water partition coefficient (Wildman–Crippen LogP) is 4.76. The molecule has 1 aromatic rings. The lowest BCUT2D eigenvalue weighted by atomic mass is 9.90. The van der Waals surface area contributed by atoms with Gasteiger partial charge in [0.1, 0.15) is 0 Å². The number of halogens is 1. The topological polar surface area (TPSA) is 44.5 Å². The number of ether oxygens (including phenoxy) is 2. The first-order valence-electron chi connectivity index (χ1n) is 7.87. The Bertz CT molecular complexity index is 435. The summed E-state index contributed by atoms with van der Waals surface area (Å²) in [5.74, 6) is 1.89. The quantitative estimate of drug-likeness (QED) is 0.715. The molecule has 0 aliphatic heterocycles. The van der Waals surface area contributed by atoms with Crippen molar-refractivity contribution in [1.29, 1.82) is 0 Å². The average molecular weight is 314 g/mol. The van der Waals surface area contributed by atoms with Crippen molar-refractivity contribution in [3.05, 3.63) is 22.7 Å². The third kappa shape index (κ3) is 5.40. The number of hydrogen-bond donors (Lipinski definition) is 1. The molecule has 0 saturated heterocycles. The summed E-state index contributed by atoms with van der Waals surface area (Å²) in [6.07, 6.45) is 3.06. The zero-order chi connectivity index (χ0) is 15.8. The smallest absolute Gasteiger partial charge is 0.162 e. The van der Waals surface area contributed by atoms with Gasteiger partial charge in [0.05, 0.1) is 13.2 Å². The standard InChI is InChI=1S/C17H28ClNO2/c1-5-13(9-8-12(4)19)14-10-16(20-6-2)17(21-7-3)11-15(14)18/h10-13H,5-9,19H2,1-4H3. The van der Waals surface area contributed by atoms with Crippen LogP contribution in [0.25, 0.3) is 0 Å². The van der Waals surface area contributed by atoms with Gasteiger partial charge in [-0.3, -0.25) is 0 Å². The molecule has 0 radical (unpaired) electrons. The molecule has 0 aliphatic carbocycles. The second-order valence-corrected chi connectivity index (χ2v) is 5.75. The predicted molar refractivity (Wildman–Crippen MR) is 89.7 cm³/mol. The van der Waals surface area contributed by atoms with E-state index in [1.807, 2.05) is 32.9 Å². The van der Waals surface area contributed by atoms with Gasteiger partial charge in [-0.15, -0.1) is 0 Å². The van der Waals surface area contributed by atoms with E-state index in [1.165, 1.54) is 0 Å². The molecular weight excluding hydrogens is 286 g/mol. The first-order valence-corrected chi connectivity index (χ1v) is 8.25. The molecular formula is C17H28ClNO2. The van der Waals surface area contributed by atoms with Crippen molar-refractivity contribution in [1.82, 2.24) is 0 Å². The van der Waals surface area contributed by atoms with Crippen molar-refractivity contribution < 1.29 is 9.47 Å². The van der Waals surface area contributed by atoms with Gasteiger partial charge in [-0.2, -0.15) is 0 Å². The molecule has 3 nitrogen and oxygen atoms in total. The number of rotatable bonds is 9. The highest BCUT2D eigenvalue weighted by Crippen LogP contribution is 2.39. The van der Waals surface area contributed by atoms with Crippen molar-refractivity contribution >= 4 is 11.6 Å². The fourth-order valence-corrected chi connectivity index (χ4v) is 2.75. The first-order chi connectivity index (χ1) is 10.0. The van der Waals surface area contributed by atoms with E-state index in [0.29, 0.717) is 19.1 Å². The summed E-state index contributed by atoms with van der Waals surface area (Å²) in [5.41, 5.74) is 7.01. The maximum Gasteiger partial charge on any atom is 0.162 e. The van der Waals surface area contributed by atoms with Gasteiger partial charge in [-0.05, 0) is 57.6 Å². The van der Waals surface area contributed by atoms with E-state index in [0.717, 1.165) is 41.3 Å². The lowest BCUT2D eigenvalue weighted by Gasteiger charge is -2.20. The van der Waals surface area contributed by atoms with Crippen molar-refractivity contribution in [2.45, 2.75) is 58.9 Å². The Kier molecular flexibility index (Phi) is 7.91. The minimum atomic E-state index is 0.215. The zero-order valence-corrected chi connectivity index (χ0v) is 14.4. The molecule has 0 spiro atoms. The van der Waals surface area contributed by atoms with Crippen LogP contribution in [-0.2, 0) is 0 Å². The summed E-state index contributed by atoms with van der Waals surface area (Å²) >= 11 is 6.46. The zero-order valence-electron chi connectivity index (χ0n) is 13.6. The Hall–Kier alpha value is -0.930. The number of benzene rings is 1. The van der Waals surface area contributed by atoms with Gasteiger partial charge in [-0.25, -0.2) is 0 Å². The van der Waals surface area contributed by atoms with Gasteiger partial charge in [0.25, 0.3) is 0 Å². The van der Waals surface area contributed by atoms with Crippen molar-refractivity contribution in [2.24, 2.45) is 5.73 Å². The van der Waals surface area contributed by atoms with Crippen LogP contribution in [0.3, 0.4) is 0 Å². The van der Waals surface area contributed by atoms with Crippen molar-refractivity contribution in [3.8, 4) is 11.5 Å². The molecule has 0 amide bonds. The average Bonchev–Trinajstić information content (AvgIpc) is 2.43. The van der Waals surface area contributed by atoms with Gasteiger partial charge < -0.3 is 15.2 Å². The maximum absolute atomic E-state index is 6.46. The molecule has 2 unspecified atom stereocenters. The highest BCUT2D eigenvalue weighted by molar-refractivity contribution is 6.31. The van der Waals surface area contributed by atoms with Crippen LogP contribution in [0, 0.1) is 0 Å². The normalized spacial score (nSPS) is 13.8. The largest absolute Gasteiger partial charge is 0.490 e. The lowest BCUT2D eigenvalue weighted by molar-refractivity contribution is 0.287. The SMILES string of the molecule is CCOc1cc(Cl)c(C(CC)CCC(C)N)cc1OCC. The van der Waals surface area contributed by atoms with Crippen LogP contribution in [0.15, 0.2) is 12.1 Å². The van der Waals surface area contributed by atoms with E-state index >= 15 is 0 Å². The molecule has 4 heteroatoms. The minimum Gasteiger partial charge on any atom is -0.490 e. The van der Waals surface area contributed by atoms with Crippen LogP contribution in [0.1, 0.15) is 58.4 Å². The fraction of sp³-hybridized carbons (Fsp3) is 0.647. The molecule has 2 N–H and O–H groups in total. The van der Waals surface area contributed by atoms with Crippen molar-refractivity contribution in [3.63, 3.8) is 0 Å². The van der Waals surface area contributed by atoms with E-state index in [-0.39, 0.29) is 6.04 Å². The van der Waals surface area contributed by atoms with E-state index in [4.69, 9.17) is 26.8 Å². The Morgan fingerprint density at radius 2 is 1.62 bits per heavy atom. The third-order valence-electron chi connectivity index (χ3n) is 3.57. The molecule has 0 saturated carbocycles. The van der Waals surface area contributed by atoms with E-state index < -0.39 is 0 Å². The summed E-state index contributed by atoms with van der Waals surface area (Å²) in [4.78, 5) is 0. The number of hydrogen-bond acceptors (Lipinski definition) is 3. The summed E-state index contributed by atoms with van der Waals surface area (Å²) in [7, 11) is 0. The molecule has 1 rings (SSSR count). The summed E-state index contributed by atoms with van der Waals surface area (Å²) < 4.78 is 11.3. The molecule has 0 bridgehead atoms. The molecule has 1 aromatic carbocycles. The summed E-state index contributed by atoms with van der Waals surface area (Å²) in [5, 5.41) is 0.749. The Labute approximate surface area is 133 Å². The minimum absolute atomic E-state index is 0.215. The van der Waals surface area contributed by atoms with E-state index in [1.54, 1.807) is 0 Å². The lowest BCUT2D eigenvalue weighted by Crippen LogP contribution is -2.16. The molecule has 120 valence electrons. The molecule has 0 heterocycles. The van der Waals surface area contributed by atoms with Gasteiger partial charge in [0.15, 0.2) is 11.5 Å². The molecule has 21 heavy (non-hydrogen) atoms. The van der Waals surface area contributed by atoms with Crippen LogP contribution in [0.5, 0.6) is 11.5 Å². The molecule has 0 fully saturated rings. The first kappa shape index (κ1) is 18.1. The van der Waals surface area contributed by atoms with Crippen LogP contribution in [-0.4, -0.2) is 19.3 Å². The van der Waals surface area contributed by atoms with Gasteiger partial charge in [0.2, 0.25) is 0 Å². The second-order valence-electron chi connectivity index (χ2n) is 5.35. The third-order valence-corrected chi connectivity index (χ3v) is 3.89.